The van der Waals surface area contributed by atoms with Crippen LogP contribution in [0.5, 0.6) is 0 Å². The van der Waals surface area contributed by atoms with Crippen LogP contribution in [0.2, 0.25) is 0 Å². The molecule has 0 aromatic carbocycles. The zero-order valence-corrected chi connectivity index (χ0v) is 8.84. The lowest BCUT2D eigenvalue weighted by molar-refractivity contribution is 0.171. The van der Waals surface area contributed by atoms with E-state index in [4.69, 9.17) is 5.73 Å². The number of rotatable bonds is 8. The number of hydrogen-bond acceptors (Lipinski definition) is 4. The molecule has 0 aromatic rings. The van der Waals surface area contributed by atoms with Gasteiger partial charge in [0.25, 0.3) is 0 Å². The molecule has 0 heterocycles. The highest BCUT2D eigenvalue weighted by Crippen LogP contribution is 1.85. The van der Waals surface area contributed by atoms with Crippen LogP contribution in [0.3, 0.4) is 0 Å². The molecule has 0 aliphatic carbocycles. The van der Waals surface area contributed by atoms with E-state index in [0.717, 1.165) is 38.9 Å². The maximum atomic E-state index is 10.6. The second kappa shape index (κ2) is 10.3. The first kappa shape index (κ1) is 13.2. The topological polar surface area (TPSA) is 76.4 Å². The Bertz CT molecular complexity index is 142. The van der Waals surface area contributed by atoms with Gasteiger partial charge in [0, 0.05) is 6.54 Å². The Morgan fingerprint density at radius 1 is 1.21 bits per heavy atom. The maximum Gasteiger partial charge on any atom is 0.406 e. The first-order chi connectivity index (χ1) is 6.81. The number of methoxy groups -OCH3 is 1. The Hall–Kier alpha value is -0.810. The normalized spacial score (nSPS) is 9.86. The van der Waals surface area contributed by atoms with Crippen molar-refractivity contribution in [2.45, 2.75) is 19.3 Å². The summed E-state index contributed by atoms with van der Waals surface area (Å²) >= 11 is 0. The summed E-state index contributed by atoms with van der Waals surface area (Å²) in [5.41, 5.74) is 5.34. The minimum Gasteiger partial charge on any atom is -0.453 e. The third kappa shape index (κ3) is 9.28. The molecule has 84 valence electrons. The van der Waals surface area contributed by atoms with Crippen molar-refractivity contribution >= 4 is 6.09 Å². The quantitative estimate of drug-likeness (QED) is 0.488. The van der Waals surface area contributed by atoms with Gasteiger partial charge in [-0.1, -0.05) is 0 Å². The van der Waals surface area contributed by atoms with E-state index in [1.54, 1.807) is 0 Å². The number of carbonyl (C=O) groups excluding carboxylic acids is 1. The molecule has 0 unspecified atom stereocenters. The lowest BCUT2D eigenvalue weighted by Crippen LogP contribution is -2.25. The molecule has 1 amide bonds. The molecule has 5 nitrogen and oxygen atoms in total. The largest absolute Gasteiger partial charge is 0.453 e. The van der Waals surface area contributed by atoms with E-state index in [0.29, 0.717) is 6.54 Å². The van der Waals surface area contributed by atoms with Crippen molar-refractivity contribution < 1.29 is 9.53 Å². The fourth-order valence-corrected chi connectivity index (χ4v) is 0.990. The van der Waals surface area contributed by atoms with E-state index in [1.807, 2.05) is 0 Å². The molecular formula is C9H21N3O2. The molecule has 0 saturated carbocycles. The van der Waals surface area contributed by atoms with E-state index >= 15 is 0 Å². The molecule has 0 rings (SSSR count). The average molecular weight is 203 g/mol. The van der Waals surface area contributed by atoms with Crippen molar-refractivity contribution in [2.24, 2.45) is 5.73 Å². The van der Waals surface area contributed by atoms with E-state index < -0.39 is 0 Å². The predicted molar refractivity (Wildman–Crippen MR) is 56.2 cm³/mol. The molecule has 0 aliphatic heterocycles. The summed E-state index contributed by atoms with van der Waals surface area (Å²) in [7, 11) is 1.36. The molecule has 0 saturated heterocycles. The Morgan fingerprint density at radius 2 is 1.86 bits per heavy atom. The summed E-state index contributed by atoms with van der Waals surface area (Å²) in [6.07, 6.45) is 2.67. The van der Waals surface area contributed by atoms with E-state index in [2.05, 4.69) is 15.4 Å². The van der Waals surface area contributed by atoms with Crippen LogP contribution in [0.15, 0.2) is 0 Å². The Morgan fingerprint density at radius 3 is 2.50 bits per heavy atom. The van der Waals surface area contributed by atoms with Crippen molar-refractivity contribution in [3.05, 3.63) is 0 Å². The van der Waals surface area contributed by atoms with Crippen molar-refractivity contribution in [3.63, 3.8) is 0 Å². The molecule has 0 fully saturated rings. The minimum absolute atomic E-state index is 0.360. The van der Waals surface area contributed by atoms with Gasteiger partial charge in [0.2, 0.25) is 0 Å². The van der Waals surface area contributed by atoms with Crippen LogP contribution >= 0.6 is 0 Å². The highest BCUT2D eigenvalue weighted by Gasteiger charge is 1.95. The first-order valence-electron chi connectivity index (χ1n) is 5.04. The second-order valence-electron chi connectivity index (χ2n) is 3.02. The van der Waals surface area contributed by atoms with E-state index in [-0.39, 0.29) is 6.09 Å². The molecule has 14 heavy (non-hydrogen) atoms. The summed E-state index contributed by atoms with van der Waals surface area (Å²) in [5, 5.41) is 5.89. The van der Waals surface area contributed by atoms with Crippen LogP contribution in [0.4, 0.5) is 4.79 Å². The van der Waals surface area contributed by atoms with Gasteiger partial charge in [-0.25, -0.2) is 4.79 Å². The zero-order chi connectivity index (χ0) is 10.6. The standard InChI is InChI=1S/C9H21N3O2/c1-14-9(13)12-8-3-2-6-11-7-4-5-10/h11H,2-8,10H2,1H3,(H,12,13). The van der Waals surface area contributed by atoms with Gasteiger partial charge in [0.1, 0.15) is 0 Å². The predicted octanol–water partition coefficient (Wildman–Crippen LogP) is 0.0610. The second-order valence-corrected chi connectivity index (χ2v) is 3.02. The maximum absolute atomic E-state index is 10.6. The van der Waals surface area contributed by atoms with Crippen molar-refractivity contribution in [3.8, 4) is 0 Å². The Balaban J connectivity index is 2.95. The number of ether oxygens (including phenoxy) is 1. The van der Waals surface area contributed by atoms with E-state index in [1.165, 1.54) is 7.11 Å². The van der Waals surface area contributed by atoms with Crippen molar-refractivity contribution in [1.82, 2.24) is 10.6 Å². The zero-order valence-electron chi connectivity index (χ0n) is 8.84. The lowest BCUT2D eigenvalue weighted by Gasteiger charge is -2.04. The van der Waals surface area contributed by atoms with Crippen molar-refractivity contribution in [2.75, 3.05) is 33.3 Å². The summed E-state index contributed by atoms with van der Waals surface area (Å²) in [6, 6.07) is 0. The van der Waals surface area contributed by atoms with Crippen LogP contribution in [-0.2, 0) is 4.74 Å². The van der Waals surface area contributed by atoms with Crippen molar-refractivity contribution in [1.29, 1.82) is 0 Å². The highest BCUT2D eigenvalue weighted by molar-refractivity contribution is 5.66. The minimum atomic E-state index is -0.360. The number of amides is 1. The van der Waals surface area contributed by atoms with Gasteiger partial charge < -0.3 is 21.1 Å². The van der Waals surface area contributed by atoms with Gasteiger partial charge >= 0.3 is 6.09 Å². The van der Waals surface area contributed by atoms with Crippen LogP contribution in [0.1, 0.15) is 19.3 Å². The fourth-order valence-electron chi connectivity index (χ4n) is 0.990. The molecule has 0 bridgehead atoms. The SMILES string of the molecule is COC(=O)NCCCCNCCCN. The molecular weight excluding hydrogens is 182 g/mol. The van der Waals surface area contributed by atoms with Gasteiger partial charge in [-0.2, -0.15) is 0 Å². The van der Waals surface area contributed by atoms with Gasteiger partial charge in [0.15, 0.2) is 0 Å². The van der Waals surface area contributed by atoms with E-state index in [9.17, 15) is 4.79 Å². The first-order valence-corrected chi connectivity index (χ1v) is 5.04. The molecule has 4 N–H and O–H groups in total. The molecule has 0 spiro atoms. The molecule has 0 atom stereocenters. The summed E-state index contributed by atoms with van der Waals surface area (Å²) in [4.78, 5) is 10.6. The number of nitrogens with two attached hydrogens (primary N) is 1. The third-order valence-corrected chi connectivity index (χ3v) is 1.79. The van der Waals surface area contributed by atoms with Gasteiger partial charge in [-0.05, 0) is 38.9 Å². The average Bonchev–Trinajstić information content (AvgIpc) is 2.21. The molecule has 0 radical (unpaired) electrons. The monoisotopic (exact) mass is 203 g/mol. The van der Waals surface area contributed by atoms with Gasteiger partial charge in [-0.15, -0.1) is 0 Å². The Kier molecular flexibility index (Phi) is 9.68. The van der Waals surface area contributed by atoms with Crippen LogP contribution in [0.25, 0.3) is 0 Å². The summed E-state index contributed by atoms with van der Waals surface area (Å²) in [5.74, 6) is 0. The number of carbonyl (C=O) groups is 1. The van der Waals surface area contributed by atoms with Crippen LogP contribution < -0.4 is 16.4 Å². The van der Waals surface area contributed by atoms with Gasteiger partial charge in [-0.3, -0.25) is 0 Å². The van der Waals surface area contributed by atoms with Crippen LogP contribution in [0, 0.1) is 0 Å². The molecule has 0 aromatic heterocycles. The number of alkyl carbamates (subject to hydrolysis) is 1. The molecule has 0 aliphatic rings. The number of unbranched alkanes of at least 4 members (excludes halogenated alkanes) is 1. The highest BCUT2D eigenvalue weighted by atomic mass is 16.5. The lowest BCUT2D eigenvalue weighted by atomic mass is 10.3. The Labute approximate surface area is 85.4 Å². The van der Waals surface area contributed by atoms with Crippen LogP contribution in [-0.4, -0.2) is 39.4 Å². The summed E-state index contributed by atoms with van der Waals surface area (Å²) < 4.78 is 4.43. The number of hydrogen-bond donors (Lipinski definition) is 3. The van der Waals surface area contributed by atoms with Gasteiger partial charge in [0.05, 0.1) is 7.11 Å². The molecule has 5 heteroatoms. The summed E-state index contributed by atoms with van der Waals surface area (Å²) in [6.45, 7) is 3.35. The fraction of sp³-hybridized carbons (Fsp3) is 0.889. The third-order valence-electron chi connectivity index (χ3n) is 1.79. The smallest absolute Gasteiger partial charge is 0.406 e. The number of nitrogens with one attached hydrogen (secondary N) is 2.